The number of hydrogen-bond acceptors (Lipinski definition) is 12. The minimum atomic E-state index is -0.853. The number of ether oxygens (including phenoxy) is 1. The molecule has 10 nitrogen and oxygen atoms in total. The van der Waals surface area contributed by atoms with Gasteiger partial charge in [-0.15, -0.1) is 70.2 Å². The summed E-state index contributed by atoms with van der Waals surface area (Å²) < 4.78 is 15.5. The van der Waals surface area contributed by atoms with E-state index in [2.05, 4.69) is 187 Å². The predicted octanol–water partition coefficient (Wildman–Crippen LogP) is 24.9. The van der Waals surface area contributed by atoms with E-state index in [0.717, 1.165) is 111 Å². The number of thiazole rings is 2. The second-order valence-electron chi connectivity index (χ2n) is 29.8. The molecular weight excluding hydrogens is 1920 g/mol. The first-order valence-electron chi connectivity index (χ1n) is 35.6. The quantitative estimate of drug-likeness (QED) is 0.0551. The molecule has 3 aliphatic rings. The first-order valence-corrected chi connectivity index (χ1v) is 38.2. The molecular formula is C85H107IrN7NiO3PdPtRhS3-4. The van der Waals surface area contributed by atoms with E-state index in [0.29, 0.717) is 34.6 Å². The smallest absolute Gasteiger partial charge is 0.276 e. The van der Waals surface area contributed by atoms with Crippen molar-refractivity contribution in [3.63, 3.8) is 0 Å². The summed E-state index contributed by atoms with van der Waals surface area (Å²) in [7, 11) is 0. The number of benzene rings is 5. The normalized spacial score (nSPS) is 15.3. The van der Waals surface area contributed by atoms with E-state index in [1.807, 2.05) is 97.9 Å². The van der Waals surface area contributed by atoms with Crippen molar-refractivity contribution in [1.29, 1.82) is 0 Å². The monoisotopic (exact) mass is 2020 g/mol. The molecule has 3 aliphatic carbocycles. The van der Waals surface area contributed by atoms with Crippen LogP contribution in [0.15, 0.2) is 155 Å². The molecule has 3 fully saturated rings. The molecule has 5 heterocycles. The van der Waals surface area contributed by atoms with Crippen LogP contribution >= 0.6 is 34.2 Å². The zero-order valence-corrected chi connectivity index (χ0v) is 74.4. The average Bonchev–Trinajstić information content (AvgIpc) is 1.40. The molecule has 13 rings (SSSR count). The van der Waals surface area contributed by atoms with Gasteiger partial charge in [0.05, 0.1) is 32.8 Å². The van der Waals surface area contributed by atoms with Crippen LogP contribution in [0.4, 0.5) is 11.4 Å². The molecule has 5 aromatic heterocycles. The number of nitrogens with zero attached hydrogens (tertiary/aromatic N) is 7. The summed E-state index contributed by atoms with van der Waals surface area (Å²) in [6, 6.07) is 52.8. The first-order chi connectivity index (χ1) is 46.8. The summed E-state index contributed by atoms with van der Waals surface area (Å²) in [5.74, 6) is 7.94. The van der Waals surface area contributed by atoms with Gasteiger partial charge >= 0.3 is 0 Å². The Kier molecular flexibility index (Phi) is 40.8. The van der Waals surface area contributed by atoms with Crippen molar-refractivity contribution in [1.82, 2.24) is 29.3 Å². The molecule has 570 valence electrons. The van der Waals surface area contributed by atoms with Gasteiger partial charge in [0.25, 0.3) is 5.19 Å². The van der Waals surface area contributed by atoms with E-state index < -0.39 is 5.60 Å². The predicted molar refractivity (Wildman–Crippen MR) is 411 cm³/mol. The van der Waals surface area contributed by atoms with Gasteiger partial charge in [0.2, 0.25) is 0 Å². The summed E-state index contributed by atoms with van der Waals surface area (Å²) >= 11 is 4.77. The molecule has 3 saturated carbocycles. The van der Waals surface area contributed by atoms with Gasteiger partial charge in [-0.05, 0) is 122 Å². The van der Waals surface area contributed by atoms with Crippen LogP contribution in [0.5, 0.6) is 10.9 Å². The number of rotatable bonds is 21. The van der Waals surface area contributed by atoms with Crippen LogP contribution in [-0.4, -0.2) is 34.4 Å². The molecule has 4 unspecified atom stereocenters. The Morgan fingerprint density at radius 2 is 1.42 bits per heavy atom. The second kappa shape index (κ2) is 45.1. The SMILES string of the molecule is CC(C)(C)Cc1ccnc(C(C)(C)O)c1.CC(C)C(C)c1nc(-c2ccccc2[N-]c2ccccc2)cs1.CCC(C)c1cc[c-]c(-c2nc(CCCC(C)C)ns2)c1.CCC(C)c1csc(Oc2[c-]cccc2)n1.Cc1nc(C(C)(C)c2[c-]ccc(C3CC4CCC3CC4)c2)co1.[Ir].[Ni].[Pd].[Pt].[Rh]. The number of aliphatic hydroxyl groups is 1. The maximum absolute atomic E-state index is 9.85. The number of fused-ring (bicyclic) bond motifs is 3. The topological polar surface area (TPSA) is 134 Å². The Morgan fingerprint density at radius 3 is 2.04 bits per heavy atom. The van der Waals surface area contributed by atoms with Crippen LogP contribution in [0.1, 0.15) is 248 Å². The molecule has 10 aromatic rings. The van der Waals surface area contributed by atoms with E-state index >= 15 is 0 Å². The minimum absolute atomic E-state index is 0. The summed E-state index contributed by atoms with van der Waals surface area (Å²) in [6.07, 6.45) is 17.4. The fourth-order valence-corrected chi connectivity index (χ4v) is 14.6. The molecule has 18 heteroatoms. The van der Waals surface area contributed by atoms with Gasteiger partial charge in [-0.2, -0.15) is 58.0 Å². The van der Waals surface area contributed by atoms with Crippen molar-refractivity contribution in [3.05, 3.63) is 230 Å². The van der Waals surface area contributed by atoms with E-state index in [-0.39, 0.29) is 108 Å². The van der Waals surface area contributed by atoms with Gasteiger partial charge in [0.1, 0.15) is 17.7 Å². The molecule has 4 atom stereocenters. The summed E-state index contributed by atoms with van der Waals surface area (Å²) in [6.45, 7) is 36.5. The Labute approximate surface area is 694 Å². The summed E-state index contributed by atoms with van der Waals surface area (Å²) in [4.78, 5) is 22.7. The number of para-hydroxylation sites is 3. The number of pyridine rings is 1. The van der Waals surface area contributed by atoms with E-state index in [1.54, 1.807) is 37.6 Å². The van der Waals surface area contributed by atoms with Crippen molar-refractivity contribution >= 4 is 45.6 Å². The largest absolute Gasteiger partial charge is 0.657 e. The molecule has 1 N–H and O–H groups in total. The summed E-state index contributed by atoms with van der Waals surface area (Å²) in [5, 5.41) is 21.7. The standard InChI is InChI=1S/C21H26NO.C20H21N2S.C18H25N2S.C13H14NOS.C13H21NO.Ir.Ni.Pd.Pt.Rh/c1-14-22-20(13-23-14)21(2,3)18-6-4-5-17(12-18)19-11-15-7-9-16(19)10-8-15;1-14(2)15(3)20-22-19(13-23-20)17-11-7-8-12-18(17)21-16-9-5-4-6-10-16;1-5-14(4)15-9-7-10-16(12-15)18-19-17(20-21-18)11-6-8-13(2)3;1-3-10(2)12-9-16-13(14-12)15-11-7-5-4-6-8-11;1-12(2,3)9-10-6-7-14-11(8-10)13(4,5)15;;;;;/h4-5,12-13,15-16,19H,7-11H2,1-3H3;4-15H,1-3H3;7,9,12-14H,5-6,8,11H2,1-4H3;4-7,9-10H,3H2,1-2H3;6-8,15H,9H2,1-5H3;;;;;/q4*-1;;;;;;. The van der Waals surface area contributed by atoms with Crippen molar-refractivity contribution < 1.29 is 112 Å². The van der Waals surface area contributed by atoms with E-state index in [1.165, 1.54) is 95.1 Å². The number of oxazole rings is 1. The zero-order valence-electron chi connectivity index (χ0n) is 63.1. The van der Waals surface area contributed by atoms with Gasteiger partial charge < -0.3 is 19.6 Å². The average molecular weight is 2030 g/mol. The van der Waals surface area contributed by atoms with Crippen molar-refractivity contribution in [2.24, 2.45) is 29.1 Å². The molecule has 5 aromatic carbocycles. The van der Waals surface area contributed by atoms with Gasteiger partial charge in [0.15, 0.2) is 5.89 Å². The Balaban J connectivity index is 0.000000334. The fraction of sp³-hybridized carbons (Fsp3) is 0.459. The van der Waals surface area contributed by atoms with Crippen LogP contribution in [-0.2, 0) is 121 Å². The first kappa shape index (κ1) is 93.2. The van der Waals surface area contributed by atoms with Crippen LogP contribution in [0, 0.1) is 54.2 Å². The number of aryl methyl sites for hydroxylation is 2. The molecule has 103 heavy (non-hydrogen) atoms. The fourth-order valence-electron chi connectivity index (χ4n) is 12.1. The van der Waals surface area contributed by atoms with Gasteiger partial charge in [-0.25, -0.2) is 15.0 Å². The molecule has 0 saturated heterocycles. The van der Waals surface area contributed by atoms with Crippen molar-refractivity contribution in [2.75, 3.05) is 0 Å². The Morgan fingerprint density at radius 1 is 0.728 bits per heavy atom. The Bertz CT molecular complexity index is 4000. The molecule has 0 amide bonds. The van der Waals surface area contributed by atoms with Gasteiger partial charge in [-0.1, -0.05) is 200 Å². The zero-order chi connectivity index (χ0) is 70.6. The molecule has 2 radical (unpaired) electrons. The van der Waals surface area contributed by atoms with Crippen LogP contribution < -0.4 is 4.74 Å². The van der Waals surface area contributed by atoms with E-state index in [9.17, 15) is 5.11 Å². The third kappa shape index (κ3) is 29.1. The Hall–Kier alpha value is -4.04. The maximum atomic E-state index is 9.85. The molecule has 0 spiro atoms. The van der Waals surface area contributed by atoms with Gasteiger partial charge in [0, 0.05) is 145 Å². The second-order valence-corrected chi connectivity index (χ2v) is 32.2. The number of hydrogen-bond donors (Lipinski definition) is 1. The third-order valence-corrected chi connectivity index (χ3v) is 21.5. The van der Waals surface area contributed by atoms with Gasteiger partial charge in [-0.3, -0.25) is 9.97 Å². The van der Waals surface area contributed by atoms with Crippen LogP contribution in [0.2, 0.25) is 0 Å². The third-order valence-electron chi connectivity index (χ3n) is 18.9. The van der Waals surface area contributed by atoms with Crippen LogP contribution in [0.25, 0.3) is 27.1 Å². The molecule has 2 bridgehead atoms. The summed E-state index contributed by atoms with van der Waals surface area (Å²) in [5.41, 5.74) is 12.6. The van der Waals surface area contributed by atoms with Crippen molar-refractivity contribution in [3.8, 4) is 32.8 Å². The van der Waals surface area contributed by atoms with Crippen molar-refractivity contribution in [2.45, 2.75) is 223 Å². The minimum Gasteiger partial charge on any atom is -0.657 e. The van der Waals surface area contributed by atoms with E-state index in [4.69, 9.17) is 19.5 Å². The number of aromatic nitrogens is 6. The van der Waals surface area contributed by atoms with Crippen LogP contribution in [0.3, 0.4) is 0 Å². The molecule has 0 aliphatic heterocycles. The maximum Gasteiger partial charge on any atom is 0.276 e.